The van der Waals surface area contributed by atoms with Crippen LogP contribution in [0.4, 0.5) is 8.78 Å². The number of fused-ring (bicyclic) bond motifs is 1. The summed E-state index contributed by atoms with van der Waals surface area (Å²) in [6, 6.07) is 11.8. The molecule has 92 valence electrons. The first-order valence-electron chi connectivity index (χ1n) is 5.94. The maximum atomic E-state index is 13.3. The van der Waals surface area contributed by atoms with Gasteiger partial charge in [0, 0.05) is 0 Å². The minimum Gasteiger partial charge on any atom is -0.318 e. The summed E-state index contributed by atoms with van der Waals surface area (Å²) in [4.78, 5) is 0. The number of hydrogen-bond acceptors (Lipinski definition) is 1. The first-order chi connectivity index (χ1) is 8.61. The van der Waals surface area contributed by atoms with Gasteiger partial charge < -0.3 is 5.73 Å². The molecule has 0 spiro atoms. The van der Waals surface area contributed by atoms with Gasteiger partial charge in [0.1, 0.15) is 0 Å². The molecule has 3 heteroatoms. The molecule has 0 amide bonds. The van der Waals surface area contributed by atoms with Crippen molar-refractivity contribution < 1.29 is 8.78 Å². The fourth-order valence-corrected chi connectivity index (χ4v) is 2.71. The van der Waals surface area contributed by atoms with Crippen LogP contribution in [0.25, 0.3) is 0 Å². The molecule has 1 unspecified atom stereocenters. The topological polar surface area (TPSA) is 26.0 Å². The Morgan fingerprint density at radius 3 is 2.56 bits per heavy atom. The number of halogens is 2. The molecule has 0 radical (unpaired) electrons. The monoisotopic (exact) mass is 245 g/mol. The van der Waals surface area contributed by atoms with Crippen LogP contribution in [-0.4, -0.2) is 0 Å². The van der Waals surface area contributed by atoms with Crippen LogP contribution < -0.4 is 5.73 Å². The van der Waals surface area contributed by atoms with Crippen molar-refractivity contribution in [1.82, 2.24) is 0 Å². The normalized spacial score (nSPS) is 21.9. The molecule has 0 saturated carbocycles. The first kappa shape index (κ1) is 11.4. The van der Waals surface area contributed by atoms with Gasteiger partial charge in [-0.05, 0) is 41.7 Å². The van der Waals surface area contributed by atoms with E-state index in [4.69, 9.17) is 5.73 Å². The Balaban J connectivity index is 2.14. The van der Waals surface area contributed by atoms with Crippen LogP contribution in [0.2, 0.25) is 0 Å². The summed E-state index contributed by atoms with van der Waals surface area (Å²) in [5, 5.41) is 0. The van der Waals surface area contributed by atoms with Crippen molar-refractivity contribution in [2.45, 2.75) is 18.4 Å². The molecule has 0 aromatic heterocycles. The fourth-order valence-electron chi connectivity index (χ4n) is 2.71. The summed E-state index contributed by atoms with van der Waals surface area (Å²) >= 11 is 0. The number of benzene rings is 2. The lowest BCUT2D eigenvalue weighted by molar-refractivity contribution is 0.490. The second-order valence-corrected chi connectivity index (χ2v) is 4.76. The van der Waals surface area contributed by atoms with Gasteiger partial charge in [0.25, 0.3) is 0 Å². The van der Waals surface area contributed by atoms with E-state index in [0.29, 0.717) is 5.56 Å². The second kappa shape index (κ2) is 3.89. The lowest BCUT2D eigenvalue weighted by Crippen LogP contribution is -2.35. The zero-order valence-electron chi connectivity index (χ0n) is 9.79. The third kappa shape index (κ3) is 1.55. The standard InChI is InChI=1S/C15H13F2N/c16-13-6-5-11(9-14(13)17)15(18)8-7-10-3-1-2-4-12(10)15/h1-6,9H,7-8,18H2. The van der Waals surface area contributed by atoms with Gasteiger partial charge in [-0.2, -0.15) is 0 Å². The van der Waals surface area contributed by atoms with Crippen LogP contribution in [0, 0.1) is 11.6 Å². The highest BCUT2D eigenvalue weighted by atomic mass is 19.2. The maximum Gasteiger partial charge on any atom is 0.159 e. The average Bonchev–Trinajstić information content (AvgIpc) is 2.73. The van der Waals surface area contributed by atoms with Gasteiger partial charge in [0.05, 0.1) is 5.54 Å². The molecule has 2 N–H and O–H groups in total. The van der Waals surface area contributed by atoms with Crippen molar-refractivity contribution in [2.24, 2.45) is 5.73 Å². The average molecular weight is 245 g/mol. The smallest absolute Gasteiger partial charge is 0.159 e. The Hall–Kier alpha value is -1.74. The molecule has 1 atom stereocenters. The van der Waals surface area contributed by atoms with Gasteiger partial charge in [-0.1, -0.05) is 30.3 Å². The lowest BCUT2D eigenvalue weighted by atomic mass is 9.85. The third-order valence-electron chi connectivity index (χ3n) is 3.72. The molecule has 0 bridgehead atoms. The lowest BCUT2D eigenvalue weighted by Gasteiger charge is -2.26. The second-order valence-electron chi connectivity index (χ2n) is 4.76. The number of rotatable bonds is 1. The van der Waals surface area contributed by atoms with E-state index in [9.17, 15) is 8.78 Å². The summed E-state index contributed by atoms with van der Waals surface area (Å²) in [5.41, 5.74) is 8.54. The van der Waals surface area contributed by atoms with Crippen molar-refractivity contribution in [3.8, 4) is 0 Å². The molecule has 1 nitrogen and oxygen atoms in total. The zero-order chi connectivity index (χ0) is 12.8. The zero-order valence-corrected chi connectivity index (χ0v) is 9.79. The van der Waals surface area contributed by atoms with E-state index in [-0.39, 0.29) is 0 Å². The Morgan fingerprint density at radius 1 is 1.00 bits per heavy atom. The SMILES string of the molecule is NC1(c2ccc(F)c(F)c2)CCc2ccccc21. The summed E-state index contributed by atoms with van der Waals surface area (Å²) in [6.07, 6.45) is 1.59. The molecule has 1 aliphatic carbocycles. The molecule has 2 aromatic carbocycles. The van der Waals surface area contributed by atoms with Crippen LogP contribution in [0.3, 0.4) is 0 Å². The third-order valence-corrected chi connectivity index (χ3v) is 3.72. The molecule has 2 aromatic rings. The van der Waals surface area contributed by atoms with Crippen LogP contribution in [0.1, 0.15) is 23.1 Å². The summed E-state index contributed by atoms with van der Waals surface area (Å²) in [7, 11) is 0. The minimum atomic E-state index is -0.846. The van der Waals surface area contributed by atoms with Crippen molar-refractivity contribution in [1.29, 1.82) is 0 Å². The molecule has 0 saturated heterocycles. The molecule has 0 fully saturated rings. The Morgan fingerprint density at radius 2 is 1.78 bits per heavy atom. The highest BCUT2D eigenvalue weighted by molar-refractivity contribution is 5.46. The summed E-state index contributed by atoms with van der Waals surface area (Å²) in [6.45, 7) is 0. The van der Waals surface area contributed by atoms with Crippen LogP contribution in [-0.2, 0) is 12.0 Å². The van der Waals surface area contributed by atoms with Gasteiger partial charge in [-0.3, -0.25) is 0 Å². The minimum absolute atomic E-state index is 0.631. The van der Waals surface area contributed by atoms with Crippen molar-refractivity contribution in [3.63, 3.8) is 0 Å². The Labute approximate surface area is 104 Å². The van der Waals surface area contributed by atoms with E-state index in [1.54, 1.807) is 6.07 Å². The van der Waals surface area contributed by atoms with E-state index in [0.717, 1.165) is 24.5 Å². The maximum absolute atomic E-state index is 13.3. The van der Waals surface area contributed by atoms with Gasteiger partial charge in [0.2, 0.25) is 0 Å². The number of aryl methyl sites for hydroxylation is 1. The summed E-state index contributed by atoms with van der Waals surface area (Å²) in [5.74, 6) is -1.68. The predicted molar refractivity (Wildman–Crippen MR) is 66.1 cm³/mol. The van der Waals surface area contributed by atoms with Gasteiger partial charge in [-0.25, -0.2) is 8.78 Å². The van der Waals surface area contributed by atoms with E-state index in [1.165, 1.54) is 11.6 Å². The van der Waals surface area contributed by atoms with E-state index in [1.807, 2.05) is 24.3 Å². The first-order valence-corrected chi connectivity index (χ1v) is 5.94. The van der Waals surface area contributed by atoms with Crippen molar-refractivity contribution in [2.75, 3.05) is 0 Å². The quantitative estimate of drug-likeness (QED) is 0.820. The number of nitrogens with two attached hydrogens (primary N) is 1. The molecule has 1 aliphatic rings. The number of hydrogen-bond donors (Lipinski definition) is 1. The molecule has 3 rings (SSSR count). The Kier molecular flexibility index (Phi) is 2.45. The van der Waals surface area contributed by atoms with E-state index >= 15 is 0 Å². The molecular weight excluding hydrogens is 232 g/mol. The highest BCUT2D eigenvalue weighted by Crippen LogP contribution is 2.40. The van der Waals surface area contributed by atoms with Crippen LogP contribution in [0.15, 0.2) is 42.5 Å². The molecule has 0 heterocycles. The molecule has 0 aliphatic heterocycles. The van der Waals surface area contributed by atoms with E-state index in [2.05, 4.69) is 0 Å². The molecular formula is C15H13F2N. The van der Waals surface area contributed by atoms with E-state index < -0.39 is 17.2 Å². The van der Waals surface area contributed by atoms with Crippen LogP contribution >= 0.6 is 0 Å². The van der Waals surface area contributed by atoms with Gasteiger partial charge in [0.15, 0.2) is 11.6 Å². The van der Waals surface area contributed by atoms with Crippen molar-refractivity contribution >= 4 is 0 Å². The fraction of sp³-hybridized carbons (Fsp3) is 0.200. The van der Waals surface area contributed by atoms with Crippen molar-refractivity contribution in [3.05, 3.63) is 70.8 Å². The van der Waals surface area contributed by atoms with Gasteiger partial charge >= 0.3 is 0 Å². The highest BCUT2D eigenvalue weighted by Gasteiger charge is 2.36. The predicted octanol–water partition coefficient (Wildman–Crippen LogP) is 3.11. The molecule has 18 heavy (non-hydrogen) atoms. The Bertz CT molecular complexity index is 609. The van der Waals surface area contributed by atoms with Gasteiger partial charge in [-0.15, -0.1) is 0 Å². The largest absolute Gasteiger partial charge is 0.318 e. The van der Waals surface area contributed by atoms with Crippen LogP contribution in [0.5, 0.6) is 0 Å². The summed E-state index contributed by atoms with van der Waals surface area (Å²) < 4.78 is 26.3.